The SMILES string of the molecule is CCOc1cc(C=Nn2c(CC)nc3ccc(Br)cc3c2=O)c(Br)c(Br)c1OCc1ccc(Cl)c(Cl)c1. The minimum absolute atomic E-state index is 0.249. The van der Waals surface area contributed by atoms with Crippen LogP contribution in [0.1, 0.15) is 30.8 Å². The van der Waals surface area contributed by atoms with Gasteiger partial charge in [0.2, 0.25) is 0 Å². The van der Waals surface area contributed by atoms with Crippen molar-refractivity contribution in [2.45, 2.75) is 26.9 Å². The first-order valence-electron chi connectivity index (χ1n) is 11.2. The van der Waals surface area contributed by atoms with Gasteiger partial charge in [-0.15, -0.1) is 0 Å². The quantitative estimate of drug-likeness (QED) is 0.171. The summed E-state index contributed by atoms with van der Waals surface area (Å²) in [5.41, 5.74) is 1.91. The summed E-state index contributed by atoms with van der Waals surface area (Å²) >= 11 is 22.8. The molecule has 4 rings (SSSR count). The first-order chi connectivity index (χ1) is 17.7. The van der Waals surface area contributed by atoms with Gasteiger partial charge >= 0.3 is 0 Å². The van der Waals surface area contributed by atoms with Gasteiger partial charge in [0.15, 0.2) is 11.5 Å². The Bertz CT molecular complexity index is 1570. The molecule has 0 saturated carbocycles. The van der Waals surface area contributed by atoms with E-state index in [9.17, 15) is 4.79 Å². The van der Waals surface area contributed by atoms with Crippen LogP contribution in [0.3, 0.4) is 0 Å². The lowest BCUT2D eigenvalue weighted by Gasteiger charge is -2.16. The molecule has 0 radical (unpaired) electrons. The van der Waals surface area contributed by atoms with Crippen LogP contribution in [0.2, 0.25) is 10.0 Å². The van der Waals surface area contributed by atoms with Crippen LogP contribution in [0.25, 0.3) is 10.9 Å². The number of fused-ring (bicyclic) bond motifs is 1. The van der Waals surface area contributed by atoms with Crippen LogP contribution in [-0.4, -0.2) is 22.5 Å². The van der Waals surface area contributed by atoms with Crippen LogP contribution in [-0.2, 0) is 13.0 Å². The molecule has 3 aromatic carbocycles. The second kappa shape index (κ2) is 12.3. The Kier molecular flexibility index (Phi) is 9.34. The van der Waals surface area contributed by atoms with Gasteiger partial charge in [-0.25, -0.2) is 4.98 Å². The minimum Gasteiger partial charge on any atom is -0.490 e. The zero-order valence-corrected chi connectivity index (χ0v) is 26.0. The van der Waals surface area contributed by atoms with Crippen LogP contribution in [0, 0.1) is 0 Å². The number of aryl methyl sites for hydroxylation is 1. The van der Waals surface area contributed by atoms with Gasteiger partial charge in [0.1, 0.15) is 12.4 Å². The van der Waals surface area contributed by atoms with E-state index in [-0.39, 0.29) is 12.2 Å². The number of nitrogens with zero attached hydrogens (tertiary/aromatic N) is 3. The predicted octanol–water partition coefficient (Wildman–Crippen LogP) is 8.41. The Labute approximate surface area is 249 Å². The Morgan fingerprint density at radius 1 is 1.00 bits per heavy atom. The summed E-state index contributed by atoms with van der Waals surface area (Å²) in [6, 6.07) is 12.5. The Morgan fingerprint density at radius 2 is 1.78 bits per heavy atom. The monoisotopic (exact) mass is 729 g/mol. The molecule has 1 heterocycles. The van der Waals surface area contributed by atoms with E-state index in [1.807, 2.05) is 32.0 Å². The number of aromatic nitrogens is 2. The van der Waals surface area contributed by atoms with Gasteiger partial charge in [0.05, 0.1) is 38.2 Å². The molecule has 0 saturated heterocycles. The molecule has 0 atom stereocenters. The molecule has 0 amide bonds. The molecule has 1 aromatic heterocycles. The largest absolute Gasteiger partial charge is 0.490 e. The van der Waals surface area contributed by atoms with E-state index in [0.717, 1.165) is 10.0 Å². The number of halogens is 5. The summed E-state index contributed by atoms with van der Waals surface area (Å²) in [6.07, 6.45) is 2.13. The number of rotatable bonds is 8. The molecule has 192 valence electrons. The highest BCUT2D eigenvalue weighted by Gasteiger charge is 2.18. The number of hydrogen-bond donors (Lipinski definition) is 0. The average Bonchev–Trinajstić information content (AvgIpc) is 2.88. The van der Waals surface area contributed by atoms with Crippen molar-refractivity contribution in [1.29, 1.82) is 0 Å². The fraction of sp³-hybridized carbons (Fsp3) is 0.192. The molecule has 0 aliphatic rings. The van der Waals surface area contributed by atoms with Crippen LogP contribution in [0.5, 0.6) is 11.5 Å². The molecule has 0 N–H and O–H groups in total. The fourth-order valence-electron chi connectivity index (χ4n) is 3.54. The van der Waals surface area contributed by atoms with Crippen LogP contribution in [0.15, 0.2) is 65.8 Å². The lowest BCUT2D eigenvalue weighted by Crippen LogP contribution is -2.22. The summed E-state index contributed by atoms with van der Waals surface area (Å²) < 4.78 is 15.4. The second-order valence-electron chi connectivity index (χ2n) is 7.80. The van der Waals surface area contributed by atoms with Crippen molar-refractivity contribution in [3.8, 4) is 11.5 Å². The van der Waals surface area contributed by atoms with Gasteiger partial charge in [-0.2, -0.15) is 9.78 Å². The van der Waals surface area contributed by atoms with Crippen molar-refractivity contribution in [3.63, 3.8) is 0 Å². The molecule has 37 heavy (non-hydrogen) atoms. The third-order valence-corrected chi connectivity index (χ3v) is 8.70. The van der Waals surface area contributed by atoms with E-state index in [1.54, 1.807) is 30.5 Å². The van der Waals surface area contributed by atoms with Crippen molar-refractivity contribution < 1.29 is 9.47 Å². The summed E-state index contributed by atoms with van der Waals surface area (Å²) in [7, 11) is 0. The highest BCUT2D eigenvalue weighted by atomic mass is 79.9. The van der Waals surface area contributed by atoms with Gasteiger partial charge in [-0.3, -0.25) is 4.79 Å². The lowest BCUT2D eigenvalue weighted by molar-refractivity contribution is 0.267. The maximum Gasteiger partial charge on any atom is 0.282 e. The smallest absolute Gasteiger partial charge is 0.282 e. The maximum absolute atomic E-state index is 13.2. The van der Waals surface area contributed by atoms with Crippen molar-refractivity contribution in [2.75, 3.05) is 6.61 Å². The topological polar surface area (TPSA) is 65.7 Å². The summed E-state index contributed by atoms with van der Waals surface area (Å²) in [4.78, 5) is 17.8. The zero-order valence-electron chi connectivity index (χ0n) is 19.7. The molecule has 0 unspecified atom stereocenters. The molecule has 4 aromatic rings. The van der Waals surface area contributed by atoms with E-state index < -0.39 is 0 Å². The van der Waals surface area contributed by atoms with Gasteiger partial charge in [-0.05, 0) is 80.7 Å². The molecular weight excluding hydrogens is 713 g/mol. The molecular formula is C26H20Br3Cl2N3O3. The van der Waals surface area contributed by atoms with E-state index >= 15 is 0 Å². The zero-order chi connectivity index (χ0) is 26.7. The normalized spacial score (nSPS) is 11.4. The second-order valence-corrected chi connectivity index (χ2v) is 11.1. The highest BCUT2D eigenvalue weighted by Crippen LogP contribution is 2.43. The molecule has 11 heteroatoms. The predicted molar refractivity (Wildman–Crippen MR) is 160 cm³/mol. The first-order valence-corrected chi connectivity index (χ1v) is 14.3. The Morgan fingerprint density at radius 3 is 2.49 bits per heavy atom. The van der Waals surface area contributed by atoms with Gasteiger partial charge in [0, 0.05) is 20.9 Å². The molecule has 0 aliphatic heterocycles. The van der Waals surface area contributed by atoms with Crippen molar-refractivity contribution in [2.24, 2.45) is 5.10 Å². The van der Waals surface area contributed by atoms with Crippen molar-refractivity contribution in [3.05, 3.63) is 93.2 Å². The minimum atomic E-state index is -0.249. The number of hydrogen-bond acceptors (Lipinski definition) is 5. The Hall–Kier alpha value is -1.91. The lowest BCUT2D eigenvalue weighted by atomic mass is 10.2. The van der Waals surface area contributed by atoms with Gasteiger partial charge < -0.3 is 9.47 Å². The molecule has 6 nitrogen and oxygen atoms in total. The highest BCUT2D eigenvalue weighted by molar-refractivity contribution is 9.13. The third-order valence-electron chi connectivity index (χ3n) is 5.33. The standard InChI is InChI=1S/C26H20Br3Cl2N3O3/c1-3-22-33-20-8-6-16(27)11-17(20)26(35)34(22)32-12-15-10-21(36-4-2)25(24(29)23(15)28)37-13-14-5-7-18(30)19(31)9-14/h5-12H,3-4,13H2,1-2H3. The van der Waals surface area contributed by atoms with Crippen molar-refractivity contribution >= 4 is 88.1 Å². The molecule has 0 aliphatic carbocycles. The van der Waals surface area contributed by atoms with Crippen LogP contribution >= 0.6 is 71.0 Å². The Balaban J connectivity index is 1.72. The van der Waals surface area contributed by atoms with E-state index in [2.05, 4.69) is 57.9 Å². The van der Waals surface area contributed by atoms with E-state index in [0.29, 0.717) is 65.8 Å². The molecule has 0 spiro atoms. The summed E-state index contributed by atoms with van der Waals surface area (Å²) in [6.45, 7) is 4.50. The molecule has 0 fully saturated rings. The number of benzene rings is 3. The summed E-state index contributed by atoms with van der Waals surface area (Å²) in [5.74, 6) is 1.58. The van der Waals surface area contributed by atoms with Crippen LogP contribution in [0.4, 0.5) is 0 Å². The van der Waals surface area contributed by atoms with Gasteiger partial charge in [-0.1, -0.05) is 52.1 Å². The van der Waals surface area contributed by atoms with Gasteiger partial charge in [0.25, 0.3) is 5.56 Å². The third kappa shape index (κ3) is 6.23. The summed E-state index contributed by atoms with van der Waals surface area (Å²) in [5, 5.41) is 5.91. The molecule has 0 bridgehead atoms. The first kappa shape index (κ1) is 28.1. The fourth-order valence-corrected chi connectivity index (χ4v) is 5.16. The van der Waals surface area contributed by atoms with Crippen molar-refractivity contribution in [1.82, 2.24) is 9.66 Å². The maximum atomic E-state index is 13.2. The average molecular weight is 733 g/mol. The van der Waals surface area contributed by atoms with E-state index in [1.165, 1.54) is 4.68 Å². The van der Waals surface area contributed by atoms with Crippen LogP contribution < -0.4 is 15.0 Å². The number of ether oxygens (including phenoxy) is 2. The van der Waals surface area contributed by atoms with E-state index in [4.69, 9.17) is 32.7 Å².